The number of carbonyl (C=O) groups excluding carboxylic acids is 3. The number of methoxy groups -OCH3 is 1. The summed E-state index contributed by atoms with van der Waals surface area (Å²) in [5, 5.41) is 6.80. The number of rotatable bonds is 8. The topological polar surface area (TPSA) is 106 Å². The summed E-state index contributed by atoms with van der Waals surface area (Å²) in [6, 6.07) is 25.0. The molecule has 8 nitrogen and oxygen atoms in total. The highest BCUT2D eigenvalue weighted by atomic mass is 79.9. The van der Waals surface area contributed by atoms with Crippen molar-refractivity contribution in [2.45, 2.75) is 0 Å². The molecule has 0 atom stereocenters. The minimum atomic E-state index is -0.555. The molecule has 0 spiro atoms. The zero-order valence-electron chi connectivity index (χ0n) is 20.5. The van der Waals surface area contributed by atoms with Crippen molar-refractivity contribution in [3.8, 4) is 11.5 Å². The number of benzene rings is 4. The van der Waals surface area contributed by atoms with Crippen LogP contribution in [0.3, 0.4) is 0 Å². The fraction of sp³-hybridized carbons (Fsp3) is 0.0345. The molecule has 0 radical (unpaired) electrons. The molecule has 0 aliphatic rings. The van der Waals surface area contributed by atoms with Crippen molar-refractivity contribution in [3.63, 3.8) is 0 Å². The zero-order valence-corrected chi connectivity index (χ0v) is 23.7. The number of carbonyl (C=O) groups is 3. The number of hydrogen-bond acceptors (Lipinski definition) is 6. The van der Waals surface area contributed by atoms with Gasteiger partial charge in [-0.15, -0.1) is 0 Å². The molecule has 4 rings (SSSR count). The number of nitrogens with one attached hydrogen (secondary N) is 2. The van der Waals surface area contributed by atoms with Crippen LogP contribution in [0.25, 0.3) is 0 Å². The molecule has 2 N–H and O–H groups in total. The maximum atomic E-state index is 12.7. The first-order valence-electron chi connectivity index (χ1n) is 11.5. The van der Waals surface area contributed by atoms with Gasteiger partial charge in [0.15, 0.2) is 0 Å². The predicted molar refractivity (Wildman–Crippen MR) is 156 cm³/mol. The highest BCUT2D eigenvalue weighted by Crippen LogP contribution is 2.23. The van der Waals surface area contributed by atoms with Crippen LogP contribution in [0.15, 0.2) is 105 Å². The van der Waals surface area contributed by atoms with Gasteiger partial charge in [0.05, 0.1) is 18.9 Å². The summed E-state index contributed by atoms with van der Waals surface area (Å²) >= 11 is 6.73. The summed E-state index contributed by atoms with van der Waals surface area (Å²) in [5.74, 6) is -0.464. The van der Waals surface area contributed by atoms with Gasteiger partial charge in [-0.25, -0.2) is 10.2 Å². The third-order valence-corrected chi connectivity index (χ3v) is 6.38. The van der Waals surface area contributed by atoms with Crippen LogP contribution < -0.4 is 20.2 Å². The van der Waals surface area contributed by atoms with Crippen LogP contribution in [0, 0.1) is 0 Å². The van der Waals surface area contributed by atoms with E-state index >= 15 is 0 Å². The number of hydrazone groups is 1. The molecule has 0 saturated heterocycles. The fourth-order valence-corrected chi connectivity index (χ4v) is 4.01. The van der Waals surface area contributed by atoms with E-state index in [1.54, 1.807) is 98.1 Å². The van der Waals surface area contributed by atoms with Crippen molar-refractivity contribution < 1.29 is 23.9 Å². The van der Waals surface area contributed by atoms with Crippen molar-refractivity contribution >= 4 is 61.5 Å². The summed E-state index contributed by atoms with van der Waals surface area (Å²) < 4.78 is 12.3. The summed E-state index contributed by atoms with van der Waals surface area (Å²) in [6.07, 6.45) is 1.37. The van der Waals surface area contributed by atoms with Gasteiger partial charge >= 0.3 is 5.97 Å². The van der Waals surface area contributed by atoms with Crippen molar-refractivity contribution in [1.82, 2.24) is 5.43 Å². The van der Waals surface area contributed by atoms with Gasteiger partial charge in [-0.1, -0.05) is 37.9 Å². The van der Waals surface area contributed by atoms with Crippen molar-refractivity contribution in [3.05, 3.63) is 122 Å². The van der Waals surface area contributed by atoms with E-state index in [2.05, 4.69) is 47.7 Å². The van der Waals surface area contributed by atoms with E-state index in [0.717, 1.165) is 8.95 Å². The standard InChI is InChI=1S/C29H21Br2N3O5/c1-38-25-12-7-19(8-13-25)29(37)39-26-14-11-23(31)15-21(26)17-32-34-28(36)20-3-2-4-24(16-20)33-27(35)18-5-9-22(30)10-6-18/h2-17H,1H3,(H,33,35)(H,34,36). The van der Waals surface area contributed by atoms with Gasteiger partial charge in [-0.3, -0.25) is 9.59 Å². The SMILES string of the molecule is COc1ccc(C(=O)Oc2ccc(Br)cc2C=NNC(=O)c2cccc(NC(=O)c3ccc(Br)cc3)c2)cc1. The van der Waals surface area contributed by atoms with E-state index in [9.17, 15) is 14.4 Å². The van der Waals surface area contributed by atoms with Gasteiger partial charge in [0.1, 0.15) is 11.5 Å². The zero-order chi connectivity index (χ0) is 27.8. The Kier molecular flexibility index (Phi) is 9.24. The molecule has 39 heavy (non-hydrogen) atoms. The Labute approximate surface area is 241 Å². The van der Waals surface area contributed by atoms with E-state index in [1.165, 1.54) is 6.21 Å². The quantitative estimate of drug-likeness (QED) is 0.0986. The van der Waals surface area contributed by atoms with Crippen LogP contribution in [-0.4, -0.2) is 31.1 Å². The molecular formula is C29H21Br2N3O5. The highest BCUT2D eigenvalue weighted by Gasteiger charge is 2.13. The van der Waals surface area contributed by atoms with E-state index < -0.39 is 11.9 Å². The molecule has 2 amide bonds. The van der Waals surface area contributed by atoms with Gasteiger partial charge in [0.2, 0.25) is 0 Å². The van der Waals surface area contributed by atoms with E-state index in [-0.39, 0.29) is 11.7 Å². The van der Waals surface area contributed by atoms with E-state index in [1.807, 2.05) is 0 Å². The minimum absolute atomic E-state index is 0.259. The normalized spacial score (nSPS) is 10.6. The number of anilines is 1. The first kappa shape index (κ1) is 27.7. The van der Waals surface area contributed by atoms with E-state index in [0.29, 0.717) is 33.7 Å². The summed E-state index contributed by atoms with van der Waals surface area (Å²) in [6.45, 7) is 0. The van der Waals surface area contributed by atoms with Crippen molar-refractivity contribution in [2.24, 2.45) is 5.10 Å². The average molecular weight is 651 g/mol. The Morgan fingerprint density at radius 2 is 1.46 bits per heavy atom. The van der Waals surface area contributed by atoms with Crippen LogP contribution >= 0.6 is 31.9 Å². The summed E-state index contributed by atoms with van der Waals surface area (Å²) in [5.41, 5.74) is 4.49. The molecule has 0 bridgehead atoms. The second-order valence-electron chi connectivity index (χ2n) is 8.04. The van der Waals surface area contributed by atoms with Gasteiger partial charge < -0.3 is 14.8 Å². The van der Waals surface area contributed by atoms with Gasteiger partial charge in [-0.05, 0) is 84.9 Å². The number of ether oxygens (including phenoxy) is 2. The lowest BCUT2D eigenvalue weighted by atomic mass is 10.1. The molecule has 4 aromatic rings. The second kappa shape index (κ2) is 13.0. The van der Waals surface area contributed by atoms with E-state index in [4.69, 9.17) is 9.47 Å². The Morgan fingerprint density at radius 3 is 2.18 bits per heavy atom. The highest BCUT2D eigenvalue weighted by molar-refractivity contribution is 9.10. The molecule has 10 heteroatoms. The minimum Gasteiger partial charge on any atom is -0.497 e. The summed E-state index contributed by atoms with van der Waals surface area (Å²) in [7, 11) is 1.54. The second-order valence-corrected chi connectivity index (χ2v) is 9.87. The first-order valence-corrected chi connectivity index (χ1v) is 13.1. The Morgan fingerprint density at radius 1 is 0.769 bits per heavy atom. The van der Waals surface area contributed by atoms with Crippen LogP contribution in [0.4, 0.5) is 5.69 Å². The fourth-order valence-electron chi connectivity index (χ4n) is 3.37. The van der Waals surface area contributed by atoms with Gasteiger partial charge in [0.25, 0.3) is 11.8 Å². The molecular weight excluding hydrogens is 630 g/mol. The van der Waals surface area contributed by atoms with Crippen LogP contribution in [0.1, 0.15) is 36.6 Å². The molecule has 0 heterocycles. The third-order valence-electron chi connectivity index (χ3n) is 5.36. The van der Waals surface area contributed by atoms with Crippen LogP contribution in [-0.2, 0) is 0 Å². The Hall–Kier alpha value is -4.28. The molecule has 0 unspecified atom stereocenters. The Bertz CT molecular complexity index is 1540. The van der Waals surface area contributed by atoms with Crippen LogP contribution in [0.2, 0.25) is 0 Å². The van der Waals surface area contributed by atoms with Crippen molar-refractivity contribution in [1.29, 1.82) is 0 Å². The predicted octanol–water partition coefficient (Wildman–Crippen LogP) is 6.46. The lowest BCUT2D eigenvalue weighted by Gasteiger charge is -2.09. The third kappa shape index (κ3) is 7.62. The summed E-state index contributed by atoms with van der Waals surface area (Å²) in [4.78, 5) is 37.8. The van der Waals surface area contributed by atoms with Crippen LogP contribution in [0.5, 0.6) is 11.5 Å². The largest absolute Gasteiger partial charge is 0.497 e. The lowest BCUT2D eigenvalue weighted by Crippen LogP contribution is -2.18. The number of amides is 2. The lowest BCUT2D eigenvalue weighted by molar-refractivity contribution is 0.0733. The Balaban J connectivity index is 1.42. The van der Waals surface area contributed by atoms with Gasteiger partial charge in [-0.2, -0.15) is 5.10 Å². The number of esters is 1. The van der Waals surface area contributed by atoms with Gasteiger partial charge in [0, 0.05) is 31.3 Å². The average Bonchev–Trinajstić information content (AvgIpc) is 2.94. The number of hydrogen-bond donors (Lipinski definition) is 2. The monoisotopic (exact) mass is 649 g/mol. The molecule has 0 aliphatic carbocycles. The first-order chi connectivity index (χ1) is 18.8. The maximum absolute atomic E-state index is 12.7. The number of nitrogens with zero attached hydrogens (tertiary/aromatic N) is 1. The van der Waals surface area contributed by atoms with Crippen molar-refractivity contribution in [2.75, 3.05) is 12.4 Å². The molecule has 196 valence electrons. The molecule has 4 aromatic carbocycles. The molecule has 0 saturated carbocycles. The molecule has 0 aliphatic heterocycles. The number of halogens is 2. The maximum Gasteiger partial charge on any atom is 0.343 e. The molecule has 0 aromatic heterocycles. The molecule has 0 fully saturated rings. The smallest absolute Gasteiger partial charge is 0.343 e.